The molecule has 2 amide bonds. The Balaban J connectivity index is 1.59. The largest absolute Gasteiger partial charge is 0.454 e. The molecule has 0 unspecified atom stereocenters. The zero-order valence-electron chi connectivity index (χ0n) is 20.1. The molecular formula is C27H29FN2O4S. The lowest BCUT2D eigenvalue weighted by Crippen LogP contribution is -2.46. The third kappa shape index (κ3) is 5.65. The van der Waals surface area contributed by atoms with Gasteiger partial charge in [-0.15, -0.1) is 11.3 Å². The predicted molar refractivity (Wildman–Crippen MR) is 133 cm³/mol. The highest BCUT2D eigenvalue weighted by Crippen LogP contribution is 2.33. The average molecular weight is 497 g/mol. The minimum Gasteiger partial charge on any atom is -0.454 e. The molecule has 2 aromatic carbocycles. The van der Waals surface area contributed by atoms with E-state index < -0.39 is 11.7 Å². The number of ether oxygens (including phenoxy) is 2. The van der Waals surface area contributed by atoms with E-state index in [0.29, 0.717) is 31.0 Å². The Kier molecular flexibility index (Phi) is 7.70. The molecule has 0 saturated carbocycles. The number of halogens is 1. The van der Waals surface area contributed by atoms with Crippen LogP contribution in [-0.4, -0.2) is 41.0 Å². The number of carbonyl (C=O) groups excluding carboxylic acids is 2. The average Bonchev–Trinajstić information content (AvgIpc) is 3.49. The Bertz CT molecular complexity index is 1210. The van der Waals surface area contributed by atoms with E-state index in [1.54, 1.807) is 28.4 Å². The van der Waals surface area contributed by atoms with Crippen molar-refractivity contribution in [1.29, 1.82) is 0 Å². The Morgan fingerprint density at radius 3 is 2.57 bits per heavy atom. The number of fused-ring (bicyclic) bond motifs is 1. The Morgan fingerprint density at radius 1 is 1.09 bits per heavy atom. The number of hydrogen-bond acceptors (Lipinski definition) is 5. The number of carbonyl (C=O) groups is 2. The first kappa shape index (κ1) is 24.7. The summed E-state index contributed by atoms with van der Waals surface area (Å²) < 4.78 is 25.3. The molecule has 0 fully saturated rings. The van der Waals surface area contributed by atoms with Crippen LogP contribution in [0.15, 0.2) is 53.9 Å². The van der Waals surface area contributed by atoms with Gasteiger partial charge in [0.25, 0.3) is 5.91 Å². The molecule has 0 bridgehead atoms. The van der Waals surface area contributed by atoms with Gasteiger partial charge < -0.3 is 19.3 Å². The van der Waals surface area contributed by atoms with E-state index in [1.165, 1.54) is 17.0 Å². The highest BCUT2D eigenvalue weighted by Gasteiger charge is 2.28. The van der Waals surface area contributed by atoms with E-state index in [4.69, 9.17) is 9.47 Å². The second-order valence-electron chi connectivity index (χ2n) is 8.63. The van der Waals surface area contributed by atoms with E-state index in [2.05, 4.69) is 0 Å². The minimum atomic E-state index is -0.593. The molecule has 2 heterocycles. The van der Waals surface area contributed by atoms with E-state index in [-0.39, 0.29) is 30.9 Å². The molecular weight excluding hydrogens is 467 g/mol. The van der Waals surface area contributed by atoms with Crippen molar-refractivity contribution in [3.8, 4) is 11.5 Å². The van der Waals surface area contributed by atoms with Crippen LogP contribution in [0.25, 0.3) is 0 Å². The number of hydrogen-bond donors (Lipinski definition) is 0. The van der Waals surface area contributed by atoms with Crippen molar-refractivity contribution in [2.75, 3.05) is 13.3 Å². The molecule has 0 saturated heterocycles. The maximum absolute atomic E-state index is 14.4. The standard InChI is InChI=1S/C27H29FN2O4S/c1-4-19(3)30(27(32)21-7-5-6-8-22(21)28)16-26(31)29(15-25-18(2)11-12-35-25)14-20-9-10-23-24(13-20)34-17-33-23/h5-13,19H,4,14-17H2,1-3H3/t19-/m1/s1. The lowest BCUT2D eigenvalue weighted by molar-refractivity contribution is -0.133. The van der Waals surface area contributed by atoms with Crippen LogP contribution >= 0.6 is 11.3 Å². The summed E-state index contributed by atoms with van der Waals surface area (Å²) in [5.74, 6) is 0.0450. The van der Waals surface area contributed by atoms with Crippen LogP contribution in [0.5, 0.6) is 11.5 Å². The summed E-state index contributed by atoms with van der Waals surface area (Å²) in [6.07, 6.45) is 0.639. The molecule has 1 aromatic heterocycles. The molecule has 3 aromatic rings. The molecule has 184 valence electrons. The maximum atomic E-state index is 14.4. The predicted octanol–water partition coefficient (Wildman–Crippen LogP) is 5.39. The molecule has 35 heavy (non-hydrogen) atoms. The SMILES string of the molecule is CC[C@@H](C)N(CC(=O)N(Cc1ccc2c(c1)OCO2)Cc1sccc1C)C(=O)c1ccccc1F. The quantitative estimate of drug-likeness (QED) is 0.398. The maximum Gasteiger partial charge on any atom is 0.257 e. The first-order chi connectivity index (χ1) is 16.9. The lowest BCUT2D eigenvalue weighted by atomic mass is 10.1. The summed E-state index contributed by atoms with van der Waals surface area (Å²) in [6, 6.07) is 13.3. The second kappa shape index (κ2) is 10.9. The van der Waals surface area contributed by atoms with Crippen molar-refractivity contribution >= 4 is 23.2 Å². The summed E-state index contributed by atoms with van der Waals surface area (Å²) >= 11 is 1.59. The van der Waals surface area contributed by atoms with Gasteiger partial charge in [-0.1, -0.05) is 25.1 Å². The zero-order valence-corrected chi connectivity index (χ0v) is 20.9. The van der Waals surface area contributed by atoms with Crippen LogP contribution in [0.1, 0.15) is 46.6 Å². The van der Waals surface area contributed by atoms with Crippen LogP contribution in [0.3, 0.4) is 0 Å². The topological polar surface area (TPSA) is 59.1 Å². The molecule has 4 rings (SSSR count). The van der Waals surface area contributed by atoms with Gasteiger partial charge in [-0.05, 0) is 67.1 Å². The Hall–Kier alpha value is -3.39. The summed E-state index contributed by atoms with van der Waals surface area (Å²) in [7, 11) is 0. The van der Waals surface area contributed by atoms with Crippen LogP contribution in [0.2, 0.25) is 0 Å². The van der Waals surface area contributed by atoms with Crippen LogP contribution < -0.4 is 9.47 Å². The molecule has 0 N–H and O–H groups in total. The van der Waals surface area contributed by atoms with Crippen molar-refractivity contribution in [1.82, 2.24) is 9.80 Å². The molecule has 1 atom stereocenters. The number of thiophene rings is 1. The van der Waals surface area contributed by atoms with Crippen LogP contribution in [-0.2, 0) is 17.9 Å². The Morgan fingerprint density at radius 2 is 1.86 bits per heavy atom. The highest BCUT2D eigenvalue weighted by molar-refractivity contribution is 7.10. The van der Waals surface area contributed by atoms with Gasteiger partial charge in [-0.2, -0.15) is 0 Å². The lowest BCUT2D eigenvalue weighted by Gasteiger charge is -2.31. The van der Waals surface area contributed by atoms with Crippen molar-refractivity contribution in [2.24, 2.45) is 0 Å². The smallest absolute Gasteiger partial charge is 0.257 e. The van der Waals surface area contributed by atoms with E-state index >= 15 is 0 Å². The molecule has 0 aliphatic carbocycles. The number of benzene rings is 2. The number of rotatable bonds is 9. The normalized spacial score (nSPS) is 12.9. The fourth-order valence-corrected chi connectivity index (χ4v) is 4.84. The Labute approximate surface area is 208 Å². The van der Waals surface area contributed by atoms with E-state index in [0.717, 1.165) is 16.0 Å². The number of aryl methyl sites for hydroxylation is 1. The van der Waals surface area contributed by atoms with Gasteiger partial charge in [-0.25, -0.2) is 4.39 Å². The number of nitrogens with zero attached hydrogens (tertiary/aromatic N) is 2. The van der Waals surface area contributed by atoms with Gasteiger partial charge in [0, 0.05) is 17.5 Å². The van der Waals surface area contributed by atoms with Gasteiger partial charge in [-0.3, -0.25) is 9.59 Å². The summed E-state index contributed by atoms with van der Waals surface area (Å²) in [5, 5.41) is 2.00. The fourth-order valence-electron chi connectivity index (χ4n) is 3.91. The van der Waals surface area contributed by atoms with Gasteiger partial charge >= 0.3 is 0 Å². The summed E-state index contributed by atoms with van der Waals surface area (Å²) in [5.41, 5.74) is 1.98. The molecule has 8 heteroatoms. The van der Waals surface area contributed by atoms with E-state index in [1.807, 2.05) is 50.4 Å². The molecule has 0 radical (unpaired) electrons. The first-order valence-corrected chi connectivity index (χ1v) is 12.5. The van der Waals surface area contributed by atoms with Crippen LogP contribution in [0, 0.1) is 12.7 Å². The van der Waals surface area contributed by atoms with Crippen molar-refractivity contribution in [2.45, 2.75) is 46.3 Å². The van der Waals surface area contributed by atoms with Crippen LogP contribution in [0.4, 0.5) is 4.39 Å². The first-order valence-electron chi connectivity index (χ1n) is 11.6. The molecule has 1 aliphatic rings. The molecule has 0 spiro atoms. The monoisotopic (exact) mass is 496 g/mol. The highest BCUT2D eigenvalue weighted by atomic mass is 32.1. The molecule has 6 nitrogen and oxygen atoms in total. The third-order valence-corrected chi connectivity index (χ3v) is 7.27. The van der Waals surface area contributed by atoms with Gasteiger partial charge in [0.05, 0.1) is 12.1 Å². The van der Waals surface area contributed by atoms with Crippen molar-refractivity contribution < 1.29 is 23.5 Å². The second-order valence-corrected chi connectivity index (χ2v) is 9.64. The van der Waals surface area contributed by atoms with Gasteiger partial charge in [0.2, 0.25) is 12.7 Å². The fraction of sp³-hybridized carbons (Fsp3) is 0.333. The number of amides is 2. The summed E-state index contributed by atoms with van der Waals surface area (Å²) in [4.78, 5) is 31.2. The van der Waals surface area contributed by atoms with Gasteiger partial charge in [0.1, 0.15) is 12.4 Å². The minimum absolute atomic E-state index is 0.0305. The third-order valence-electron chi connectivity index (χ3n) is 6.26. The van der Waals surface area contributed by atoms with Crippen molar-refractivity contribution in [3.63, 3.8) is 0 Å². The molecule has 1 aliphatic heterocycles. The van der Waals surface area contributed by atoms with E-state index in [9.17, 15) is 14.0 Å². The van der Waals surface area contributed by atoms with Crippen molar-refractivity contribution in [3.05, 3.63) is 81.3 Å². The summed E-state index contributed by atoms with van der Waals surface area (Å²) in [6.45, 7) is 6.62. The van der Waals surface area contributed by atoms with Gasteiger partial charge in [0.15, 0.2) is 11.5 Å². The zero-order chi connectivity index (χ0) is 24.9.